The highest BCUT2D eigenvalue weighted by Crippen LogP contribution is 2.25. The van der Waals surface area contributed by atoms with Crippen LogP contribution in [-0.2, 0) is 16.0 Å². The van der Waals surface area contributed by atoms with Crippen LogP contribution in [0.4, 0.5) is 17.5 Å². The molecule has 1 N–H and O–H groups in total. The molecule has 0 saturated carbocycles. The minimum atomic E-state index is -0.148. The number of carbonyl (C=O) groups is 1. The first-order valence-electron chi connectivity index (χ1n) is 8.87. The largest absolute Gasteiger partial charge is 0.496 e. The maximum absolute atomic E-state index is 12.5. The highest BCUT2D eigenvalue weighted by molar-refractivity contribution is 5.95. The van der Waals surface area contributed by atoms with Crippen molar-refractivity contribution in [3.63, 3.8) is 0 Å². The standard InChI is InChI=1S/C19H25N5O3/c1-23(2)18-15(13-20-19(22-18)24-8-10-27-11-9-24)21-17(25)12-14-6-4-5-7-16(14)26-3/h4-7,13H,8-12H2,1-3H3,(H,21,25). The summed E-state index contributed by atoms with van der Waals surface area (Å²) in [5.41, 5.74) is 1.41. The lowest BCUT2D eigenvalue weighted by atomic mass is 10.1. The second kappa shape index (κ2) is 8.68. The maximum Gasteiger partial charge on any atom is 0.229 e. The van der Waals surface area contributed by atoms with Gasteiger partial charge in [0.2, 0.25) is 11.9 Å². The highest BCUT2D eigenvalue weighted by Gasteiger charge is 2.18. The summed E-state index contributed by atoms with van der Waals surface area (Å²) >= 11 is 0. The van der Waals surface area contributed by atoms with E-state index in [-0.39, 0.29) is 12.3 Å². The van der Waals surface area contributed by atoms with Gasteiger partial charge in [0.15, 0.2) is 5.82 Å². The second-order valence-corrected chi connectivity index (χ2v) is 6.44. The Labute approximate surface area is 159 Å². The molecule has 1 fully saturated rings. The van der Waals surface area contributed by atoms with Gasteiger partial charge in [-0.25, -0.2) is 4.98 Å². The van der Waals surface area contributed by atoms with Gasteiger partial charge < -0.3 is 24.6 Å². The summed E-state index contributed by atoms with van der Waals surface area (Å²) in [5.74, 6) is 1.86. The predicted molar refractivity (Wildman–Crippen MR) is 105 cm³/mol. The van der Waals surface area contributed by atoms with Crippen molar-refractivity contribution in [2.45, 2.75) is 6.42 Å². The van der Waals surface area contributed by atoms with Crippen LogP contribution in [0.25, 0.3) is 0 Å². The van der Waals surface area contributed by atoms with Crippen molar-refractivity contribution >= 4 is 23.4 Å². The second-order valence-electron chi connectivity index (χ2n) is 6.44. The molecule has 27 heavy (non-hydrogen) atoms. The van der Waals surface area contributed by atoms with Crippen LogP contribution in [0.1, 0.15) is 5.56 Å². The van der Waals surface area contributed by atoms with Gasteiger partial charge in [-0.1, -0.05) is 18.2 Å². The molecule has 1 aromatic heterocycles. The van der Waals surface area contributed by atoms with E-state index in [1.54, 1.807) is 13.3 Å². The fourth-order valence-corrected chi connectivity index (χ4v) is 2.93. The number of morpholine rings is 1. The number of aromatic nitrogens is 2. The van der Waals surface area contributed by atoms with E-state index < -0.39 is 0 Å². The average molecular weight is 371 g/mol. The minimum Gasteiger partial charge on any atom is -0.496 e. The number of rotatable bonds is 6. The van der Waals surface area contributed by atoms with E-state index in [9.17, 15) is 4.79 Å². The molecule has 0 radical (unpaired) electrons. The van der Waals surface area contributed by atoms with Gasteiger partial charge in [-0.2, -0.15) is 4.98 Å². The highest BCUT2D eigenvalue weighted by atomic mass is 16.5. The first-order chi connectivity index (χ1) is 13.1. The monoisotopic (exact) mass is 371 g/mol. The van der Waals surface area contributed by atoms with Crippen LogP contribution in [-0.4, -0.2) is 63.4 Å². The third-order valence-electron chi connectivity index (χ3n) is 4.29. The molecule has 2 aromatic rings. The lowest BCUT2D eigenvalue weighted by Gasteiger charge is -2.28. The van der Waals surface area contributed by atoms with Crippen LogP contribution < -0.4 is 19.9 Å². The number of anilines is 3. The molecule has 0 atom stereocenters. The van der Waals surface area contributed by atoms with Gasteiger partial charge in [-0.15, -0.1) is 0 Å². The number of nitrogens with one attached hydrogen (secondary N) is 1. The van der Waals surface area contributed by atoms with Gasteiger partial charge >= 0.3 is 0 Å². The summed E-state index contributed by atoms with van der Waals surface area (Å²) in [6, 6.07) is 7.48. The Hall–Kier alpha value is -2.87. The van der Waals surface area contributed by atoms with E-state index in [0.29, 0.717) is 36.4 Å². The lowest BCUT2D eigenvalue weighted by molar-refractivity contribution is -0.115. The molecule has 1 amide bonds. The van der Waals surface area contributed by atoms with Gasteiger partial charge in [0.25, 0.3) is 0 Å². The Morgan fingerprint density at radius 2 is 2.04 bits per heavy atom. The van der Waals surface area contributed by atoms with Gasteiger partial charge in [0.05, 0.1) is 32.9 Å². The van der Waals surface area contributed by atoms with Gasteiger partial charge in [0, 0.05) is 32.7 Å². The summed E-state index contributed by atoms with van der Waals surface area (Å²) in [4.78, 5) is 25.6. The van der Waals surface area contributed by atoms with Crippen LogP contribution >= 0.6 is 0 Å². The predicted octanol–water partition coefficient (Wildman–Crippen LogP) is 1.57. The first kappa shape index (κ1) is 18.9. The van der Waals surface area contributed by atoms with E-state index in [0.717, 1.165) is 18.7 Å². The van der Waals surface area contributed by atoms with Crippen LogP contribution in [0.15, 0.2) is 30.5 Å². The third-order valence-corrected chi connectivity index (χ3v) is 4.29. The van der Waals surface area contributed by atoms with Gasteiger partial charge in [0.1, 0.15) is 11.4 Å². The van der Waals surface area contributed by atoms with Gasteiger partial charge in [-0.3, -0.25) is 4.79 Å². The van der Waals surface area contributed by atoms with Crippen LogP contribution in [0.2, 0.25) is 0 Å². The molecule has 0 bridgehead atoms. The Balaban J connectivity index is 1.76. The molecule has 0 spiro atoms. The fourth-order valence-electron chi connectivity index (χ4n) is 2.93. The molecule has 1 aliphatic heterocycles. The minimum absolute atomic E-state index is 0.148. The Morgan fingerprint density at radius 1 is 1.30 bits per heavy atom. The number of benzene rings is 1. The first-order valence-corrected chi connectivity index (χ1v) is 8.87. The van der Waals surface area contributed by atoms with E-state index in [4.69, 9.17) is 9.47 Å². The van der Waals surface area contributed by atoms with E-state index in [1.165, 1.54) is 0 Å². The smallest absolute Gasteiger partial charge is 0.229 e. The summed E-state index contributed by atoms with van der Waals surface area (Å²) in [7, 11) is 5.38. The van der Waals surface area contributed by atoms with Crippen LogP contribution in [0.3, 0.4) is 0 Å². The van der Waals surface area contributed by atoms with Crippen molar-refractivity contribution in [1.29, 1.82) is 0 Å². The Morgan fingerprint density at radius 3 is 2.74 bits per heavy atom. The van der Waals surface area contributed by atoms with Crippen molar-refractivity contribution in [2.75, 3.05) is 62.6 Å². The van der Waals surface area contributed by atoms with Gasteiger partial charge in [-0.05, 0) is 6.07 Å². The fraction of sp³-hybridized carbons (Fsp3) is 0.421. The van der Waals surface area contributed by atoms with E-state index in [1.807, 2.05) is 43.3 Å². The molecule has 1 aromatic carbocycles. The normalized spacial score (nSPS) is 14.0. The zero-order chi connectivity index (χ0) is 19.2. The van der Waals surface area contributed by atoms with E-state index >= 15 is 0 Å². The zero-order valence-corrected chi connectivity index (χ0v) is 15.9. The Kier molecular flexibility index (Phi) is 6.08. The molecule has 2 heterocycles. The van der Waals surface area contributed by atoms with Crippen molar-refractivity contribution < 1.29 is 14.3 Å². The number of hydrogen-bond donors (Lipinski definition) is 1. The molecule has 0 aliphatic carbocycles. The van der Waals surface area contributed by atoms with Crippen LogP contribution in [0.5, 0.6) is 5.75 Å². The molecule has 8 heteroatoms. The van der Waals surface area contributed by atoms with E-state index in [2.05, 4.69) is 20.2 Å². The maximum atomic E-state index is 12.5. The number of ether oxygens (including phenoxy) is 2. The van der Waals surface area contributed by atoms with Crippen molar-refractivity contribution in [3.8, 4) is 5.75 Å². The van der Waals surface area contributed by atoms with Crippen molar-refractivity contribution in [1.82, 2.24) is 9.97 Å². The Bertz CT molecular complexity index is 791. The van der Waals surface area contributed by atoms with Crippen molar-refractivity contribution in [2.24, 2.45) is 0 Å². The number of methoxy groups -OCH3 is 1. The molecular weight excluding hydrogens is 346 g/mol. The molecular formula is C19H25N5O3. The van der Waals surface area contributed by atoms with Crippen molar-refractivity contribution in [3.05, 3.63) is 36.0 Å². The number of carbonyl (C=O) groups excluding carboxylic acids is 1. The molecule has 144 valence electrons. The number of nitrogens with zero attached hydrogens (tertiary/aromatic N) is 4. The summed E-state index contributed by atoms with van der Waals surface area (Å²) in [6.07, 6.45) is 1.87. The number of amides is 1. The summed E-state index contributed by atoms with van der Waals surface area (Å²) in [6.45, 7) is 2.84. The van der Waals surface area contributed by atoms with Crippen LogP contribution in [0, 0.1) is 0 Å². The SMILES string of the molecule is COc1ccccc1CC(=O)Nc1cnc(N2CCOCC2)nc1N(C)C. The molecule has 8 nitrogen and oxygen atoms in total. The molecule has 0 unspecified atom stereocenters. The third kappa shape index (κ3) is 4.65. The topological polar surface area (TPSA) is 79.8 Å². The number of hydrogen-bond acceptors (Lipinski definition) is 7. The average Bonchev–Trinajstić information content (AvgIpc) is 2.69. The summed E-state index contributed by atoms with van der Waals surface area (Å²) in [5, 5.41) is 2.92. The quantitative estimate of drug-likeness (QED) is 0.826. The lowest BCUT2D eigenvalue weighted by Crippen LogP contribution is -2.37. The zero-order valence-electron chi connectivity index (χ0n) is 15.9. The molecule has 1 saturated heterocycles. The summed E-state index contributed by atoms with van der Waals surface area (Å²) < 4.78 is 10.7. The molecule has 3 rings (SSSR count). The molecule has 1 aliphatic rings. The number of para-hydroxylation sites is 1.